The summed E-state index contributed by atoms with van der Waals surface area (Å²) in [6.07, 6.45) is 2.19. The van der Waals surface area contributed by atoms with E-state index in [1.54, 1.807) is 12.1 Å². The van der Waals surface area contributed by atoms with Crippen LogP contribution in [0.4, 0.5) is 0 Å². The molecule has 26 heavy (non-hydrogen) atoms. The largest absolute Gasteiger partial charge is 0.493 e. The van der Waals surface area contributed by atoms with Crippen LogP contribution in [-0.4, -0.2) is 52.0 Å². The zero-order valence-corrected chi connectivity index (χ0v) is 17.1. The van der Waals surface area contributed by atoms with Crippen molar-refractivity contribution in [3.8, 4) is 11.6 Å². The normalized spacial score (nSPS) is 11.5. The van der Waals surface area contributed by atoms with Crippen molar-refractivity contribution in [1.29, 1.82) is 0 Å². The molecule has 1 heterocycles. The van der Waals surface area contributed by atoms with Gasteiger partial charge in [-0.2, -0.15) is 0 Å². The van der Waals surface area contributed by atoms with Gasteiger partial charge in [0.05, 0.1) is 5.69 Å². The average molecular weight is 470 g/mol. The van der Waals surface area contributed by atoms with Crippen molar-refractivity contribution in [2.45, 2.75) is 20.3 Å². The second-order valence-electron chi connectivity index (χ2n) is 5.72. The average Bonchev–Trinajstić information content (AvgIpc) is 2.62. The number of hydrogen-bond donors (Lipinski definition) is 2. The maximum absolute atomic E-state index is 12.1. The first-order valence-electron chi connectivity index (χ1n) is 8.54. The van der Waals surface area contributed by atoms with Gasteiger partial charge in [-0.15, -0.1) is 0 Å². The van der Waals surface area contributed by atoms with Crippen LogP contribution in [0, 0.1) is 3.57 Å². The Kier molecular flexibility index (Phi) is 7.58. The first-order valence-corrected chi connectivity index (χ1v) is 9.62. The van der Waals surface area contributed by atoms with E-state index in [2.05, 4.69) is 51.3 Å². The lowest BCUT2D eigenvalue weighted by atomic mass is 10.3. The van der Waals surface area contributed by atoms with Gasteiger partial charge >= 0.3 is 5.69 Å². The standard InChI is InChI=1S/C18H23IN4O3/c1-3-22(4-2)11-5-10-20-12-15-16(24)21-18(26)23(17(15)25)14-8-6-13(19)7-9-14/h6-9,12,25H,3-5,10-11H2,1-2H3,(H,21,24,26). The van der Waals surface area contributed by atoms with Crippen LogP contribution in [0.3, 0.4) is 0 Å². The summed E-state index contributed by atoms with van der Waals surface area (Å²) >= 11 is 2.15. The van der Waals surface area contributed by atoms with Crippen molar-refractivity contribution < 1.29 is 5.11 Å². The fourth-order valence-electron chi connectivity index (χ4n) is 2.57. The molecule has 7 nitrogen and oxygen atoms in total. The van der Waals surface area contributed by atoms with Crippen LogP contribution in [0.2, 0.25) is 0 Å². The predicted molar refractivity (Wildman–Crippen MR) is 112 cm³/mol. The molecule has 0 saturated heterocycles. The van der Waals surface area contributed by atoms with Crippen molar-refractivity contribution in [3.63, 3.8) is 0 Å². The monoisotopic (exact) mass is 470 g/mol. The van der Waals surface area contributed by atoms with Crippen LogP contribution in [-0.2, 0) is 0 Å². The topological polar surface area (TPSA) is 90.7 Å². The summed E-state index contributed by atoms with van der Waals surface area (Å²) in [6, 6.07) is 7.03. The Morgan fingerprint density at radius 1 is 1.23 bits per heavy atom. The quantitative estimate of drug-likeness (QED) is 0.351. The van der Waals surface area contributed by atoms with Gasteiger partial charge < -0.3 is 10.0 Å². The lowest BCUT2D eigenvalue weighted by molar-refractivity contribution is 0.302. The molecule has 0 radical (unpaired) electrons. The Morgan fingerprint density at radius 3 is 2.50 bits per heavy atom. The maximum Gasteiger partial charge on any atom is 0.335 e. The van der Waals surface area contributed by atoms with E-state index >= 15 is 0 Å². The van der Waals surface area contributed by atoms with E-state index in [1.165, 1.54) is 6.21 Å². The minimum absolute atomic E-state index is 0.0222. The fourth-order valence-corrected chi connectivity index (χ4v) is 2.93. The molecule has 2 rings (SSSR count). The van der Waals surface area contributed by atoms with Gasteiger partial charge in [-0.25, -0.2) is 9.36 Å². The Balaban J connectivity index is 2.23. The van der Waals surface area contributed by atoms with E-state index in [-0.39, 0.29) is 5.56 Å². The summed E-state index contributed by atoms with van der Waals surface area (Å²) in [5.41, 5.74) is -0.888. The maximum atomic E-state index is 12.1. The number of aromatic hydroxyl groups is 1. The fraction of sp³-hybridized carbons (Fsp3) is 0.389. The van der Waals surface area contributed by atoms with Crippen molar-refractivity contribution in [2.24, 2.45) is 4.99 Å². The molecule has 8 heteroatoms. The van der Waals surface area contributed by atoms with Gasteiger partial charge in [0, 0.05) is 16.3 Å². The van der Waals surface area contributed by atoms with Gasteiger partial charge in [-0.1, -0.05) is 13.8 Å². The van der Waals surface area contributed by atoms with Crippen molar-refractivity contribution in [1.82, 2.24) is 14.5 Å². The first kappa shape index (κ1) is 20.4. The summed E-state index contributed by atoms with van der Waals surface area (Å²) in [5, 5.41) is 10.4. The molecule has 0 unspecified atom stereocenters. The highest BCUT2D eigenvalue weighted by Gasteiger charge is 2.14. The third-order valence-corrected chi connectivity index (χ3v) is 4.80. The van der Waals surface area contributed by atoms with Gasteiger partial charge in [0.15, 0.2) is 0 Å². The third-order valence-electron chi connectivity index (χ3n) is 4.08. The molecule has 0 saturated carbocycles. The number of benzene rings is 1. The molecule has 2 aromatic rings. The Bertz CT molecular complexity index is 867. The lowest BCUT2D eigenvalue weighted by Gasteiger charge is -2.16. The Hall–Kier alpha value is -1.94. The first-order chi connectivity index (χ1) is 12.5. The van der Waals surface area contributed by atoms with E-state index in [4.69, 9.17) is 0 Å². The second kappa shape index (κ2) is 9.67. The molecule has 1 aromatic carbocycles. The summed E-state index contributed by atoms with van der Waals surface area (Å²) < 4.78 is 2.06. The molecule has 0 aliphatic rings. The number of aromatic amines is 1. The molecule has 0 fully saturated rings. The molecule has 0 amide bonds. The van der Waals surface area contributed by atoms with Gasteiger partial charge in [-0.3, -0.25) is 14.8 Å². The molecule has 0 aliphatic heterocycles. The molecule has 0 atom stereocenters. The van der Waals surface area contributed by atoms with Crippen LogP contribution in [0.25, 0.3) is 5.69 Å². The lowest BCUT2D eigenvalue weighted by Crippen LogP contribution is -2.31. The van der Waals surface area contributed by atoms with Crippen molar-refractivity contribution in [2.75, 3.05) is 26.2 Å². The number of nitrogens with zero attached hydrogens (tertiary/aromatic N) is 3. The number of H-pyrrole nitrogens is 1. The SMILES string of the molecule is CCN(CC)CCCN=Cc1c(O)n(-c2ccc(I)cc2)c(=O)[nH]c1=O. The molecule has 0 spiro atoms. The minimum Gasteiger partial charge on any atom is -0.493 e. The van der Waals surface area contributed by atoms with E-state index in [0.29, 0.717) is 12.2 Å². The highest BCUT2D eigenvalue weighted by atomic mass is 127. The summed E-state index contributed by atoms with van der Waals surface area (Å²) in [6.45, 7) is 7.66. The highest BCUT2D eigenvalue weighted by molar-refractivity contribution is 14.1. The van der Waals surface area contributed by atoms with E-state index in [9.17, 15) is 14.7 Å². The van der Waals surface area contributed by atoms with Gasteiger partial charge in [0.2, 0.25) is 5.88 Å². The predicted octanol–water partition coefficient (Wildman–Crippen LogP) is 1.99. The van der Waals surface area contributed by atoms with E-state index in [1.807, 2.05) is 12.1 Å². The van der Waals surface area contributed by atoms with Gasteiger partial charge in [-0.05, 0) is 72.9 Å². The molecule has 140 valence electrons. The van der Waals surface area contributed by atoms with E-state index in [0.717, 1.165) is 34.2 Å². The summed E-state index contributed by atoms with van der Waals surface area (Å²) in [5.74, 6) is -0.410. The molecule has 0 aliphatic carbocycles. The van der Waals surface area contributed by atoms with Crippen LogP contribution >= 0.6 is 22.6 Å². The van der Waals surface area contributed by atoms with Crippen LogP contribution in [0.15, 0.2) is 38.8 Å². The summed E-state index contributed by atoms with van der Waals surface area (Å²) in [7, 11) is 0. The second-order valence-corrected chi connectivity index (χ2v) is 6.97. The Morgan fingerprint density at radius 2 is 1.88 bits per heavy atom. The number of aliphatic imine (C=N–C) groups is 1. The molecule has 2 N–H and O–H groups in total. The smallest absolute Gasteiger partial charge is 0.335 e. The number of nitrogens with one attached hydrogen (secondary N) is 1. The molecule has 0 bridgehead atoms. The molecular weight excluding hydrogens is 447 g/mol. The highest BCUT2D eigenvalue weighted by Crippen LogP contribution is 2.16. The summed E-state index contributed by atoms with van der Waals surface area (Å²) in [4.78, 5) is 32.9. The van der Waals surface area contributed by atoms with Crippen LogP contribution in [0.5, 0.6) is 5.88 Å². The van der Waals surface area contributed by atoms with Crippen LogP contribution < -0.4 is 11.2 Å². The van der Waals surface area contributed by atoms with E-state index < -0.39 is 17.1 Å². The third kappa shape index (κ3) is 5.04. The number of rotatable bonds is 8. The molecular formula is C18H23IN4O3. The minimum atomic E-state index is -0.688. The van der Waals surface area contributed by atoms with Crippen molar-refractivity contribution >= 4 is 28.8 Å². The van der Waals surface area contributed by atoms with Crippen molar-refractivity contribution in [3.05, 3.63) is 54.2 Å². The number of aromatic nitrogens is 2. The molecule has 1 aromatic heterocycles. The number of halogens is 1. The zero-order valence-electron chi connectivity index (χ0n) is 14.9. The van der Waals surface area contributed by atoms with Gasteiger partial charge in [0.1, 0.15) is 5.56 Å². The van der Waals surface area contributed by atoms with Gasteiger partial charge in [0.25, 0.3) is 5.56 Å². The Labute approximate surface area is 165 Å². The number of hydrogen-bond acceptors (Lipinski definition) is 5. The zero-order chi connectivity index (χ0) is 19.1. The van der Waals surface area contributed by atoms with Crippen LogP contribution in [0.1, 0.15) is 25.8 Å².